The molecule has 1 fully saturated rings. The molecule has 1 aliphatic heterocycles. The van der Waals surface area contributed by atoms with Crippen LogP contribution in [0.15, 0.2) is 28.7 Å². The molecule has 0 N–H and O–H groups in total. The van der Waals surface area contributed by atoms with Crippen LogP contribution in [0.4, 0.5) is 0 Å². The lowest BCUT2D eigenvalue weighted by Crippen LogP contribution is -2.24. The van der Waals surface area contributed by atoms with Gasteiger partial charge in [-0.25, -0.2) is 0 Å². The average Bonchev–Trinajstić information content (AvgIpc) is 2.89. The molecule has 1 aromatic rings. The molecule has 3 nitrogen and oxygen atoms in total. The fourth-order valence-electron chi connectivity index (χ4n) is 2.05. The number of halogens is 1. The van der Waals surface area contributed by atoms with Crippen molar-refractivity contribution in [1.82, 2.24) is 4.90 Å². The molecule has 2 rings (SSSR count). The van der Waals surface area contributed by atoms with E-state index in [1.807, 2.05) is 24.3 Å². The first-order valence-corrected chi connectivity index (χ1v) is 7.32. The zero-order valence-corrected chi connectivity index (χ0v) is 12.2. The molecule has 0 amide bonds. The topological polar surface area (TPSA) is 21.7 Å². The molecular weight excluding hydrogens is 294 g/mol. The van der Waals surface area contributed by atoms with E-state index in [-0.39, 0.29) is 0 Å². The molecule has 1 aromatic carbocycles. The van der Waals surface area contributed by atoms with Gasteiger partial charge in [-0.2, -0.15) is 0 Å². The van der Waals surface area contributed by atoms with E-state index in [4.69, 9.17) is 9.47 Å². The summed E-state index contributed by atoms with van der Waals surface area (Å²) in [7, 11) is 0. The Bertz CT molecular complexity index is 336. The Morgan fingerprint density at radius 3 is 2.44 bits per heavy atom. The van der Waals surface area contributed by atoms with E-state index in [1.54, 1.807) is 0 Å². The van der Waals surface area contributed by atoms with Crippen molar-refractivity contribution in [3.05, 3.63) is 28.7 Å². The van der Waals surface area contributed by atoms with E-state index in [1.165, 1.54) is 25.9 Å². The van der Waals surface area contributed by atoms with Gasteiger partial charge in [0.2, 0.25) is 0 Å². The summed E-state index contributed by atoms with van der Waals surface area (Å²) in [5.41, 5.74) is 0. The normalized spacial score (nSPS) is 16.1. The van der Waals surface area contributed by atoms with Crippen LogP contribution in [0.2, 0.25) is 0 Å². The Labute approximate surface area is 117 Å². The Morgan fingerprint density at radius 2 is 1.72 bits per heavy atom. The Morgan fingerprint density at radius 1 is 1.00 bits per heavy atom. The number of nitrogens with zero attached hydrogens (tertiary/aromatic N) is 1. The maximum absolute atomic E-state index is 5.57. The second kappa shape index (κ2) is 7.77. The maximum Gasteiger partial charge on any atom is 0.119 e. The quantitative estimate of drug-likeness (QED) is 0.722. The fraction of sp³-hybridized carbons (Fsp3) is 0.571. The number of hydrogen-bond donors (Lipinski definition) is 0. The number of likely N-dealkylation sites (tertiary alicyclic amines) is 1. The van der Waals surface area contributed by atoms with Crippen molar-refractivity contribution in [2.24, 2.45) is 0 Å². The molecule has 0 saturated carbocycles. The van der Waals surface area contributed by atoms with Gasteiger partial charge in [-0.05, 0) is 50.2 Å². The van der Waals surface area contributed by atoms with Crippen LogP contribution in [0.3, 0.4) is 0 Å². The predicted octanol–water partition coefficient (Wildman–Crippen LogP) is 2.94. The molecule has 100 valence electrons. The first-order chi connectivity index (χ1) is 8.84. The van der Waals surface area contributed by atoms with Crippen LogP contribution in [0, 0.1) is 0 Å². The molecule has 4 heteroatoms. The van der Waals surface area contributed by atoms with E-state index in [0.717, 1.165) is 23.4 Å². The van der Waals surface area contributed by atoms with E-state index in [9.17, 15) is 0 Å². The number of rotatable bonds is 7. The van der Waals surface area contributed by atoms with Crippen LogP contribution in [0.1, 0.15) is 12.8 Å². The van der Waals surface area contributed by atoms with Crippen molar-refractivity contribution in [2.45, 2.75) is 12.8 Å². The molecule has 1 saturated heterocycles. The lowest BCUT2D eigenvalue weighted by Gasteiger charge is -2.14. The third-order valence-corrected chi connectivity index (χ3v) is 3.59. The molecule has 0 atom stereocenters. The minimum Gasteiger partial charge on any atom is -0.491 e. The maximum atomic E-state index is 5.57. The van der Waals surface area contributed by atoms with Gasteiger partial charge >= 0.3 is 0 Å². The van der Waals surface area contributed by atoms with Crippen LogP contribution in [0.5, 0.6) is 5.75 Å². The first-order valence-electron chi connectivity index (χ1n) is 6.53. The van der Waals surface area contributed by atoms with E-state index >= 15 is 0 Å². The summed E-state index contributed by atoms with van der Waals surface area (Å²) >= 11 is 3.40. The van der Waals surface area contributed by atoms with E-state index < -0.39 is 0 Å². The van der Waals surface area contributed by atoms with Gasteiger partial charge in [-0.15, -0.1) is 0 Å². The standard InChI is InChI=1S/C14H20BrNO2/c15-13-3-5-14(6-4-13)18-12-11-17-10-9-16-7-1-2-8-16/h3-6H,1-2,7-12H2. The van der Waals surface area contributed by atoms with Gasteiger partial charge in [-0.3, -0.25) is 0 Å². The Hall–Kier alpha value is -0.580. The van der Waals surface area contributed by atoms with Gasteiger partial charge in [0.05, 0.1) is 13.2 Å². The first kappa shape index (κ1) is 13.8. The Kier molecular flexibility index (Phi) is 5.97. The Balaban J connectivity index is 1.49. The van der Waals surface area contributed by atoms with Crippen molar-refractivity contribution in [2.75, 3.05) is 39.5 Å². The largest absolute Gasteiger partial charge is 0.491 e. The summed E-state index contributed by atoms with van der Waals surface area (Å²) in [6.45, 7) is 5.60. The summed E-state index contributed by atoms with van der Waals surface area (Å²) in [5, 5.41) is 0. The van der Waals surface area contributed by atoms with E-state index in [0.29, 0.717) is 13.2 Å². The second-order valence-corrected chi connectivity index (χ2v) is 5.38. The third kappa shape index (κ3) is 4.96. The van der Waals surface area contributed by atoms with Gasteiger partial charge in [0, 0.05) is 11.0 Å². The van der Waals surface area contributed by atoms with Crippen LogP contribution in [0.25, 0.3) is 0 Å². The van der Waals surface area contributed by atoms with Gasteiger partial charge in [0.25, 0.3) is 0 Å². The molecule has 0 spiro atoms. The molecule has 0 unspecified atom stereocenters. The summed E-state index contributed by atoms with van der Waals surface area (Å²) in [5.74, 6) is 0.890. The predicted molar refractivity (Wildman–Crippen MR) is 76.1 cm³/mol. The van der Waals surface area contributed by atoms with Gasteiger partial charge in [0.15, 0.2) is 0 Å². The molecule has 0 bridgehead atoms. The monoisotopic (exact) mass is 313 g/mol. The van der Waals surface area contributed by atoms with Gasteiger partial charge in [0.1, 0.15) is 12.4 Å². The van der Waals surface area contributed by atoms with Crippen molar-refractivity contribution >= 4 is 15.9 Å². The zero-order valence-electron chi connectivity index (χ0n) is 10.6. The highest BCUT2D eigenvalue weighted by molar-refractivity contribution is 9.10. The summed E-state index contributed by atoms with van der Waals surface area (Å²) in [4.78, 5) is 2.45. The van der Waals surface area contributed by atoms with E-state index in [2.05, 4.69) is 20.8 Å². The molecule has 0 radical (unpaired) electrons. The zero-order chi connectivity index (χ0) is 12.6. The van der Waals surface area contributed by atoms with Gasteiger partial charge in [-0.1, -0.05) is 15.9 Å². The summed E-state index contributed by atoms with van der Waals surface area (Å²) in [6.07, 6.45) is 2.68. The lowest BCUT2D eigenvalue weighted by atomic mass is 10.3. The SMILES string of the molecule is Brc1ccc(OCCOCCN2CCCC2)cc1. The van der Waals surface area contributed by atoms with Crippen molar-refractivity contribution < 1.29 is 9.47 Å². The highest BCUT2D eigenvalue weighted by Gasteiger charge is 2.10. The number of ether oxygens (including phenoxy) is 2. The molecule has 1 aliphatic rings. The van der Waals surface area contributed by atoms with Gasteiger partial charge < -0.3 is 14.4 Å². The molecule has 0 aliphatic carbocycles. The molecule has 18 heavy (non-hydrogen) atoms. The second-order valence-electron chi connectivity index (χ2n) is 4.46. The van der Waals surface area contributed by atoms with Crippen molar-refractivity contribution in [1.29, 1.82) is 0 Å². The molecule has 1 heterocycles. The van der Waals surface area contributed by atoms with Crippen LogP contribution in [-0.4, -0.2) is 44.4 Å². The smallest absolute Gasteiger partial charge is 0.119 e. The third-order valence-electron chi connectivity index (χ3n) is 3.06. The summed E-state index contributed by atoms with van der Waals surface area (Å²) in [6, 6.07) is 7.86. The van der Waals surface area contributed by atoms with Crippen LogP contribution >= 0.6 is 15.9 Å². The van der Waals surface area contributed by atoms with Crippen molar-refractivity contribution in [3.8, 4) is 5.75 Å². The van der Waals surface area contributed by atoms with Crippen LogP contribution in [-0.2, 0) is 4.74 Å². The lowest BCUT2D eigenvalue weighted by molar-refractivity contribution is 0.0846. The minimum atomic E-state index is 0.613. The highest BCUT2D eigenvalue weighted by Crippen LogP contribution is 2.15. The number of benzene rings is 1. The molecular formula is C14H20BrNO2. The highest BCUT2D eigenvalue weighted by atomic mass is 79.9. The number of hydrogen-bond acceptors (Lipinski definition) is 3. The minimum absolute atomic E-state index is 0.613. The summed E-state index contributed by atoms with van der Waals surface area (Å²) < 4.78 is 12.2. The fourth-order valence-corrected chi connectivity index (χ4v) is 2.32. The average molecular weight is 314 g/mol. The molecule has 0 aromatic heterocycles. The van der Waals surface area contributed by atoms with Crippen molar-refractivity contribution in [3.63, 3.8) is 0 Å². The van der Waals surface area contributed by atoms with Crippen LogP contribution < -0.4 is 4.74 Å².